The molecule has 1 atom stereocenters. The summed E-state index contributed by atoms with van der Waals surface area (Å²) in [6, 6.07) is 20.0. The van der Waals surface area contributed by atoms with Crippen molar-refractivity contribution in [1.82, 2.24) is 0 Å². The molecule has 0 aliphatic heterocycles. The summed E-state index contributed by atoms with van der Waals surface area (Å²) in [4.78, 5) is 67.5. The molecule has 0 saturated heterocycles. The van der Waals surface area contributed by atoms with Gasteiger partial charge in [-0.25, -0.2) is 0 Å². The van der Waals surface area contributed by atoms with E-state index in [0.717, 1.165) is 41.7 Å². The van der Waals surface area contributed by atoms with E-state index in [-0.39, 0.29) is 64.8 Å². The maximum absolute atomic E-state index is 14.1. The Bertz CT molecular complexity index is 2050. The topological polar surface area (TPSA) is 122 Å². The van der Waals surface area contributed by atoms with Crippen LogP contribution in [0.5, 0.6) is 11.5 Å². The van der Waals surface area contributed by atoms with Crippen molar-refractivity contribution in [1.29, 1.82) is 0 Å². The summed E-state index contributed by atoms with van der Waals surface area (Å²) in [5.41, 5.74) is 6.19. The van der Waals surface area contributed by atoms with E-state index in [4.69, 9.17) is 18.9 Å². The first-order valence-corrected chi connectivity index (χ1v) is 23.6. The summed E-state index contributed by atoms with van der Waals surface area (Å²) >= 11 is 1.47. The molecule has 3 aliphatic carbocycles. The first-order chi connectivity index (χ1) is 29.5. The second-order valence-corrected chi connectivity index (χ2v) is 18.0. The third kappa shape index (κ3) is 12.0. The second kappa shape index (κ2) is 21.9. The number of fused-ring (bicyclic) bond motifs is 1. The second-order valence-electron chi connectivity index (χ2n) is 17.0. The van der Waals surface area contributed by atoms with Crippen LogP contribution in [0.4, 0.5) is 0 Å². The number of benzene rings is 3. The van der Waals surface area contributed by atoms with Crippen LogP contribution in [0.15, 0.2) is 71.1 Å². The molecule has 3 aliphatic rings. The highest BCUT2D eigenvalue weighted by molar-refractivity contribution is 8.02. The van der Waals surface area contributed by atoms with Crippen molar-refractivity contribution in [3.05, 3.63) is 105 Å². The van der Waals surface area contributed by atoms with Gasteiger partial charge in [-0.05, 0) is 130 Å². The molecule has 6 rings (SSSR count). The molecule has 3 aromatic rings. The Labute approximate surface area is 365 Å². The molecular formula is C51H62O9S. The van der Waals surface area contributed by atoms with Gasteiger partial charge < -0.3 is 18.9 Å². The molecule has 0 bridgehead atoms. The van der Waals surface area contributed by atoms with Crippen LogP contribution in [0.25, 0.3) is 0 Å². The molecule has 3 aromatic carbocycles. The van der Waals surface area contributed by atoms with Crippen molar-refractivity contribution < 1.29 is 42.9 Å². The first-order valence-electron chi connectivity index (χ1n) is 22.4. The van der Waals surface area contributed by atoms with Crippen molar-refractivity contribution in [3.63, 3.8) is 0 Å². The van der Waals surface area contributed by atoms with Gasteiger partial charge in [-0.1, -0.05) is 82.1 Å². The number of esters is 4. The molecule has 326 valence electrons. The van der Waals surface area contributed by atoms with E-state index >= 15 is 0 Å². The van der Waals surface area contributed by atoms with Gasteiger partial charge in [0.2, 0.25) is 0 Å². The van der Waals surface area contributed by atoms with Crippen LogP contribution < -0.4 is 9.47 Å². The van der Waals surface area contributed by atoms with Crippen molar-refractivity contribution in [3.8, 4) is 11.5 Å². The molecule has 0 aromatic heterocycles. The number of thioether (sulfide) groups is 1. The summed E-state index contributed by atoms with van der Waals surface area (Å²) in [6.45, 7) is 8.11. The Morgan fingerprint density at radius 1 is 0.590 bits per heavy atom. The van der Waals surface area contributed by atoms with Crippen molar-refractivity contribution in [2.75, 3.05) is 6.26 Å². The van der Waals surface area contributed by atoms with Gasteiger partial charge in [0.25, 0.3) is 0 Å². The van der Waals surface area contributed by atoms with E-state index in [2.05, 4.69) is 62.4 Å². The van der Waals surface area contributed by atoms with Crippen LogP contribution in [0.2, 0.25) is 0 Å². The van der Waals surface area contributed by atoms with Gasteiger partial charge in [0, 0.05) is 29.9 Å². The molecule has 0 radical (unpaired) electrons. The molecule has 1 unspecified atom stereocenters. The van der Waals surface area contributed by atoms with Crippen LogP contribution in [0.3, 0.4) is 0 Å². The highest BCUT2D eigenvalue weighted by Gasteiger charge is 2.41. The molecular weight excluding hydrogens is 789 g/mol. The number of Topliss-reactive ketones (excluding diaryl/α,β-unsaturated/α-hetero) is 1. The fraction of sp³-hybridized carbons (Fsp3) is 0.510. The Hall–Kier alpha value is -4.70. The molecule has 61 heavy (non-hydrogen) atoms. The van der Waals surface area contributed by atoms with Gasteiger partial charge >= 0.3 is 23.9 Å². The normalized spacial score (nSPS) is 21.9. The highest BCUT2D eigenvalue weighted by Crippen LogP contribution is 2.49. The number of ether oxygens (including phenoxy) is 4. The summed E-state index contributed by atoms with van der Waals surface area (Å²) in [5.74, 6) is -2.24. The number of carbonyl (C=O) groups is 5. The van der Waals surface area contributed by atoms with Gasteiger partial charge in [0.15, 0.2) is 5.78 Å². The zero-order valence-corrected chi connectivity index (χ0v) is 37.4. The summed E-state index contributed by atoms with van der Waals surface area (Å²) < 4.78 is 23.7. The van der Waals surface area contributed by atoms with Gasteiger partial charge in [-0.15, -0.1) is 11.8 Å². The van der Waals surface area contributed by atoms with Crippen molar-refractivity contribution >= 4 is 41.4 Å². The molecule has 0 spiro atoms. The fourth-order valence-electron chi connectivity index (χ4n) is 8.99. The number of allylic oxidation sites excluding steroid dienone is 2. The largest absolute Gasteiger partial charge is 0.462 e. The third-order valence-electron chi connectivity index (χ3n) is 12.6. The van der Waals surface area contributed by atoms with Gasteiger partial charge in [0.1, 0.15) is 23.7 Å². The maximum Gasteiger partial charge on any atom is 0.314 e. The molecule has 9 nitrogen and oxygen atoms in total. The third-order valence-corrected chi connectivity index (χ3v) is 13.4. The van der Waals surface area contributed by atoms with E-state index in [1.165, 1.54) is 22.9 Å². The SMILES string of the molecule is CCCc1ccc(CCC(=O)OC2CCC(C(=O)Oc3ccc(OC(=O)C4CCC(OC(=O)CCc5ccc(CCC)cc5)CC4)c4c3C(=O)/C(=C(/C)SC)C4C)CC2)cc1. The van der Waals surface area contributed by atoms with Gasteiger partial charge in [0.05, 0.1) is 17.4 Å². The lowest BCUT2D eigenvalue weighted by Crippen LogP contribution is -2.30. The van der Waals surface area contributed by atoms with E-state index in [9.17, 15) is 24.0 Å². The average Bonchev–Trinajstić information content (AvgIpc) is 3.54. The highest BCUT2D eigenvalue weighted by atomic mass is 32.2. The predicted molar refractivity (Wildman–Crippen MR) is 238 cm³/mol. The quantitative estimate of drug-likeness (QED) is 0.0737. The minimum Gasteiger partial charge on any atom is -0.462 e. The Balaban J connectivity index is 1.01. The number of rotatable bonds is 17. The molecule has 2 fully saturated rings. The van der Waals surface area contributed by atoms with Gasteiger partial charge in [-0.3, -0.25) is 24.0 Å². The number of aryl methyl sites for hydroxylation is 4. The van der Waals surface area contributed by atoms with E-state index in [0.29, 0.717) is 88.2 Å². The van der Waals surface area contributed by atoms with Crippen molar-refractivity contribution in [2.24, 2.45) is 11.8 Å². The summed E-state index contributed by atoms with van der Waals surface area (Å²) in [7, 11) is 0. The summed E-state index contributed by atoms with van der Waals surface area (Å²) in [5, 5.41) is 0. The van der Waals surface area contributed by atoms with E-state index in [1.54, 1.807) is 12.1 Å². The van der Waals surface area contributed by atoms with Gasteiger partial charge in [-0.2, -0.15) is 0 Å². The van der Waals surface area contributed by atoms with Crippen LogP contribution in [0.1, 0.15) is 149 Å². The van der Waals surface area contributed by atoms with Crippen LogP contribution in [0, 0.1) is 11.8 Å². The molecule has 10 heteroatoms. The Kier molecular flexibility index (Phi) is 16.4. The van der Waals surface area contributed by atoms with Crippen LogP contribution in [-0.2, 0) is 54.3 Å². The van der Waals surface area contributed by atoms with Crippen molar-refractivity contribution in [2.45, 2.75) is 149 Å². The van der Waals surface area contributed by atoms with Crippen LogP contribution >= 0.6 is 11.8 Å². The molecule has 0 N–H and O–H groups in total. The zero-order valence-electron chi connectivity index (χ0n) is 36.6. The predicted octanol–water partition coefficient (Wildman–Crippen LogP) is 10.8. The number of hydrogen-bond donors (Lipinski definition) is 0. The number of hydrogen-bond acceptors (Lipinski definition) is 10. The first kappa shape index (κ1) is 45.8. The smallest absolute Gasteiger partial charge is 0.314 e. The lowest BCUT2D eigenvalue weighted by molar-refractivity contribution is -0.153. The number of carbonyl (C=O) groups excluding carboxylic acids is 5. The summed E-state index contributed by atoms with van der Waals surface area (Å²) in [6.07, 6.45) is 11.8. The Morgan fingerprint density at radius 3 is 1.39 bits per heavy atom. The lowest BCUT2D eigenvalue weighted by Gasteiger charge is -2.28. The van der Waals surface area contributed by atoms with E-state index in [1.807, 2.05) is 20.1 Å². The minimum atomic E-state index is -0.429. The average molecular weight is 851 g/mol. The minimum absolute atomic E-state index is 0.160. The molecule has 0 heterocycles. The fourth-order valence-corrected chi connectivity index (χ4v) is 9.48. The molecule has 2 saturated carbocycles. The standard InChI is InChI=1S/C51H62O9S/c1-6-8-34-10-14-36(15-11-34)18-30-44(52)57-40-24-20-38(21-25-40)50(55)59-42-28-29-43(48-47(42)32(3)46(49(48)54)33(4)61-5)60-51(56)39-22-26-41(27-23-39)58-45(53)31-19-37-16-12-35(9-7-2)13-17-37/h10-17,28-29,32,38-41H,6-9,18-27,30-31H2,1-5H3/b46-33-. The lowest BCUT2D eigenvalue weighted by atomic mass is 9.87. The molecule has 0 amide bonds. The van der Waals surface area contributed by atoms with Crippen LogP contribution in [-0.4, -0.2) is 48.1 Å². The number of ketones is 1. The maximum atomic E-state index is 14.1. The van der Waals surface area contributed by atoms with E-state index < -0.39 is 11.9 Å². The Morgan fingerprint density at radius 2 is 0.984 bits per heavy atom. The zero-order chi connectivity index (χ0) is 43.5. The monoisotopic (exact) mass is 850 g/mol.